The van der Waals surface area contributed by atoms with E-state index in [1.165, 1.54) is 30.2 Å². The summed E-state index contributed by atoms with van der Waals surface area (Å²) in [4.78, 5) is 1.59. The molecule has 21 heavy (non-hydrogen) atoms. The molecule has 2 rings (SSSR count). The lowest BCUT2D eigenvalue weighted by molar-refractivity contribution is 0.563. The molecule has 0 spiro atoms. The molecule has 0 fully saturated rings. The molecule has 0 aromatic heterocycles. The second-order valence-electron chi connectivity index (χ2n) is 8.46. The van der Waals surface area contributed by atoms with Crippen LogP contribution in [0.4, 0.5) is 0 Å². The number of benzene rings is 1. The molecule has 0 aliphatic rings. The topological polar surface area (TPSA) is 0 Å². The van der Waals surface area contributed by atoms with Gasteiger partial charge >= 0.3 is 0 Å². The largest absolute Gasteiger partial charge is 0.0592 e. The van der Waals surface area contributed by atoms with Gasteiger partial charge in [0.25, 0.3) is 0 Å². The normalized spacial score (nSPS) is 13.4. The summed E-state index contributed by atoms with van der Waals surface area (Å²) in [5, 5.41) is 1.50. The number of aryl methyl sites for hydroxylation is 3. The maximum Gasteiger partial charge on any atom is 0.0105 e. The van der Waals surface area contributed by atoms with Crippen molar-refractivity contribution in [1.29, 1.82) is 0 Å². The van der Waals surface area contributed by atoms with Gasteiger partial charge in [-0.05, 0) is 53.9 Å². The molecule has 0 nitrogen and oxygen atoms in total. The molecule has 0 aliphatic carbocycles. The van der Waals surface area contributed by atoms with E-state index in [0.717, 1.165) is 0 Å². The number of hydrogen-bond donors (Lipinski definition) is 0. The van der Waals surface area contributed by atoms with Crippen LogP contribution < -0.4 is 5.30 Å². The van der Waals surface area contributed by atoms with Crippen molar-refractivity contribution in [2.24, 2.45) is 0 Å². The zero-order chi connectivity index (χ0) is 16.2. The van der Waals surface area contributed by atoms with Crippen molar-refractivity contribution in [2.45, 2.75) is 73.1 Å². The van der Waals surface area contributed by atoms with Crippen molar-refractivity contribution in [3.63, 3.8) is 0 Å². The van der Waals surface area contributed by atoms with Crippen molar-refractivity contribution >= 4 is 13.5 Å². The summed E-state index contributed by atoms with van der Waals surface area (Å²) in [6.07, 6.45) is 0. The molecular weight excluding hydrogens is 271 g/mol. The van der Waals surface area contributed by atoms with Gasteiger partial charge < -0.3 is 0 Å². The Morgan fingerprint density at radius 3 is 1.43 bits per heavy atom. The molecule has 2 aromatic carbocycles. The first kappa shape index (κ1) is 16.5. The number of rotatable bonds is 1. The summed E-state index contributed by atoms with van der Waals surface area (Å²) in [6, 6.07) is 4.62. The summed E-state index contributed by atoms with van der Waals surface area (Å²) in [5.74, 6) is 0. The smallest absolute Gasteiger partial charge is 0.0105 e. The fourth-order valence-electron chi connectivity index (χ4n) is 3.21. The second-order valence-corrected chi connectivity index (χ2v) is 9.58. The SMILES string of the molecule is Cc1cc(C)c(P=c2c(C(C)(C)C)c2C(C)(C)C)c(C)c1. The Balaban J connectivity index is 2.63. The quantitative estimate of drug-likeness (QED) is 0.576. The first-order chi connectivity index (χ1) is 9.43. The highest BCUT2D eigenvalue weighted by Gasteiger charge is 2.35. The average Bonchev–Trinajstić information content (AvgIpc) is 2.96. The van der Waals surface area contributed by atoms with Gasteiger partial charge in [-0.2, -0.15) is 0 Å². The monoisotopic (exact) mass is 300 g/mol. The Hall–Kier alpha value is -0.870. The van der Waals surface area contributed by atoms with E-state index < -0.39 is 0 Å². The highest BCUT2D eigenvalue weighted by molar-refractivity contribution is 7.39. The van der Waals surface area contributed by atoms with E-state index in [0.29, 0.717) is 0 Å². The predicted molar refractivity (Wildman–Crippen MR) is 96.7 cm³/mol. The van der Waals surface area contributed by atoms with E-state index in [2.05, 4.69) is 74.4 Å². The minimum absolute atomic E-state index is 0.261. The Kier molecular flexibility index (Phi) is 4.00. The Bertz CT molecular complexity index is 641. The maximum absolute atomic E-state index is 2.34. The van der Waals surface area contributed by atoms with Gasteiger partial charge in [0, 0.05) is 10.2 Å². The fraction of sp³-hybridized carbons (Fsp3) is 0.550. The third kappa shape index (κ3) is 3.32. The van der Waals surface area contributed by atoms with E-state index in [1.54, 1.807) is 16.1 Å². The molecule has 1 heteroatoms. The van der Waals surface area contributed by atoms with Gasteiger partial charge in [-0.15, -0.1) is 0 Å². The maximum atomic E-state index is 2.34. The molecule has 114 valence electrons. The summed E-state index contributed by atoms with van der Waals surface area (Å²) < 4.78 is 0. The summed E-state index contributed by atoms with van der Waals surface area (Å²) in [7, 11) is 1.40. The molecule has 0 aliphatic heterocycles. The van der Waals surface area contributed by atoms with Gasteiger partial charge in [-0.3, -0.25) is 0 Å². The predicted octanol–water partition coefficient (Wildman–Crippen LogP) is 5.89. The van der Waals surface area contributed by atoms with Crippen LogP contribution in [0.1, 0.15) is 69.4 Å². The summed E-state index contributed by atoms with van der Waals surface area (Å²) >= 11 is 0. The lowest BCUT2D eigenvalue weighted by atomic mass is 9.86. The zero-order valence-electron chi connectivity index (χ0n) is 15.1. The minimum atomic E-state index is 0.261. The molecule has 0 saturated carbocycles. The van der Waals surface area contributed by atoms with E-state index in [9.17, 15) is 0 Å². The van der Waals surface area contributed by atoms with Gasteiger partial charge in [0.05, 0.1) is 0 Å². The summed E-state index contributed by atoms with van der Waals surface area (Å²) in [6.45, 7) is 20.7. The molecule has 0 bridgehead atoms. The molecule has 0 saturated heterocycles. The third-order valence-electron chi connectivity index (χ3n) is 4.02. The van der Waals surface area contributed by atoms with Crippen LogP contribution in [-0.4, -0.2) is 0 Å². The molecule has 0 N–H and O–H groups in total. The molecule has 0 unspecified atom stereocenters. The number of hydrogen-bond acceptors (Lipinski definition) is 0. The highest BCUT2D eigenvalue weighted by Crippen LogP contribution is 2.46. The molecule has 0 heterocycles. The van der Waals surface area contributed by atoms with Gasteiger partial charge in [0.1, 0.15) is 0 Å². The zero-order valence-corrected chi connectivity index (χ0v) is 16.0. The van der Waals surface area contributed by atoms with Crippen LogP contribution in [-0.2, 0) is 10.8 Å². The van der Waals surface area contributed by atoms with Crippen LogP contribution >= 0.6 is 8.20 Å². The van der Waals surface area contributed by atoms with Gasteiger partial charge in [-0.25, -0.2) is 0 Å². The van der Waals surface area contributed by atoms with Crippen LogP contribution in [0, 0.1) is 25.7 Å². The van der Waals surface area contributed by atoms with Crippen LogP contribution in [0.25, 0.3) is 0 Å². The van der Waals surface area contributed by atoms with Crippen molar-refractivity contribution < 1.29 is 0 Å². The highest BCUT2D eigenvalue weighted by atomic mass is 31.1. The van der Waals surface area contributed by atoms with Crippen LogP contribution in [0.15, 0.2) is 12.1 Å². The lowest BCUT2D eigenvalue weighted by Crippen LogP contribution is -2.12. The molecule has 0 atom stereocenters. The van der Waals surface area contributed by atoms with Gasteiger partial charge in [0.2, 0.25) is 0 Å². The third-order valence-corrected chi connectivity index (χ3v) is 5.62. The Labute approximate surface area is 132 Å². The Morgan fingerprint density at radius 1 is 0.714 bits per heavy atom. The van der Waals surface area contributed by atoms with E-state index >= 15 is 0 Å². The fourth-order valence-corrected chi connectivity index (χ4v) is 4.98. The molecular formula is C20H29P. The minimum Gasteiger partial charge on any atom is -0.0592 e. The molecule has 0 amide bonds. The lowest BCUT2D eigenvalue weighted by Gasteiger charge is -2.18. The van der Waals surface area contributed by atoms with E-state index in [-0.39, 0.29) is 10.8 Å². The van der Waals surface area contributed by atoms with E-state index in [4.69, 9.17) is 0 Å². The molecule has 2 aromatic rings. The molecule has 0 radical (unpaired) electrons. The second kappa shape index (κ2) is 5.10. The Morgan fingerprint density at radius 2 is 1.10 bits per heavy atom. The first-order valence-electron chi connectivity index (χ1n) is 7.85. The summed E-state index contributed by atoms with van der Waals surface area (Å²) in [5.41, 5.74) is 7.96. The van der Waals surface area contributed by atoms with E-state index in [1.807, 2.05) is 0 Å². The first-order valence-corrected chi connectivity index (χ1v) is 8.75. The van der Waals surface area contributed by atoms with Crippen molar-refractivity contribution in [1.82, 2.24) is 0 Å². The van der Waals surface area contributed by atoms with Crippen LogP contribution in [0.3, 0.4) is 0 Å². The standard InChI is InChI=1S/C20H29P/c1-12-10-13(2)17(14(3)11-12)21-18-15(19(4,5)6)16(18)20(7,8)9/h10-11H,1-9H3. The van der Waals surface area contributed by atoms with Crippen molar-refractivity contribution in [3.05, 3.63) is 44.9 Å². The average molecular weight is 300 g/mol. The van der Waals surface area contributed by atoms with Crippen LogP contribution in [0.2, 0.25) is 0 Å². The van der Waals surface area contributed by atoms with Crippen molar-refractivity contribution in [3.8, 4) is 0 Å². The van der Waals surface area contributed by atoms with Gasteiger partial charge in [-0.1, -0.05) is 67.4 Å². The van der Waals surface area contributed by atoms with Crippen LogP contribution in [0.5, 0.6) is 0 Å². The van der Waals surface area contributed by atoms with Crippen molar-refractivity contribution in [2.75, 3.05) is 0 Å². The van der Waals surface area contributed by atoms with Gasteiger partial charge in [0.15, 0.2) is 0 Å².